The van der Waals surface area contributed by atoms with Crippen LogP contribution in [0.25, 0.3) is 0 Å². The van der Waals surface area contributed by atoms with Crippen LogP contribution in [0.15, 0.2) is 47.4 Å². The molecule has 0 saturated heterocycles. The standard InChI is InChI=1S/C18H11F6N3O4S/c19-17(20,21)14-7-11(2-1-10(14)8-25)26-15(28)16(29,18(22,23)24)9-32-13-5-3-12(4-6-13)27(30)31/h1-7,29H,9H2,(H,26,28)/t16-/m1/s1. The molecule has 0 bridgehead atoms. The highest BCUT2D eigenvalue weighted by molar-refractivity contribution is 7.99. The molecule has 32 heavy (non-hydrogen) atoms. The van der Waals surface area contributed by atoms with Gasteiger partial charge < -0.3 is 10.4 Å². The number of hydrogen-bond acceptors (Lipinski definition) is 6. The van der Waals surface area contributed by atoms with Gasteiger partial charge in [-0.15, -0.1) is 11.8 Å². The summed E-state index contributed by atoms with van der Waals surface area (Å²) in [7, 11) is 0. The summed E-state index contributed by atoms with van der Waals surface area (Å²) in [5.74, 6) is -3.33. The minimum absolute atomic E-state index is 0.0591. The SMILES string of the molecule is N#Cc1ccc(NC(=O)[C@](O)(CSc2ccc([N+](=O)[O-])cc2)C(F)(F)F)cc1C(F)(F)F. The van der Waals surface area contributed by atoms with E-state index in [0.717, 1.165) is 30.3 Å². The average molecular weight is 479 g/mol. The molecule has 0 aliphatic carbocycles. The van der Waals surface area contributed by atoms with E-state index in [1.807, 2.05) is 0 Å². The number of rotatable bonds is 6. The highest BCUT2D eigenvalue weighted by atomic mass is 32.2. The molecular formula is C18H11F6N3O4S. The van der Waals surface area contributed by atoms with E-state index < -0.39 is 51.4 Å². The van der Waals surface area contributed by atoms with Crippen LogP contribution in [-0.2, 0) is 11.0 Å². The maximum absolute atomic E-state index is 13.5. The zero-order valence-electron chi connectivity index (χ0n) is 15.5. The summed E-state index contributed by atoms with van der Waals surface area (Å²) in [6.07, 6.45) is -10.5. The summed E-state index contributed by atoms with van der Waals surface area (Å²) in [5, 5.41) is 31.0. The van der Waals surface area contributed by atoms with E-state index in [0.29, 0.717) is 17.8 Å². The van der Waals surface area contributed by atoms with E-state index in [4.69, 9.17) is 5.26 Å². The molecule has 0 fully saturated rings. The van der Waals surface area contributed by atoms with E-state index in [1.54, 1.807) is 5.32 Å². The number of amides is 1. The summed E-state index contributed by atoms with van der Waals surface area (Å²) >= 11 is 0.351. The molecule has 170 valence electrons. The fraction of sp³-hybridized carbons (Fsp3) is 0.222. The molecule has 1 amide bonds. The van der Waals surface area contributed by atoms with Crippen LogP contribution in [0.5, 0.6) is 0 Å². The first-order valence-corrected chi connectivity index (χ1v) is 9.27. The zero-order chi connectivity index (χ0) is 24.3. The average Bonchev–Trinajstić information content (AvgIpc) is 2.70. The fourth-order valence-corrected chi connectivity index (χ4v) is 3.32. The van der Waals surface area contributed by atoms with Gasteiger partial charge in [0.1, 0.15) is 0 Å². The molecule has 2 rings (SSSR count). The topological polar surface area (TPSA) is 116 Å². The van der Waals surface area contributed by atoms with Gasteiger partial charge in [0, 0.05) is 28.5 Å². The minimum Gasteiger partial charge on any atom is -0.372 e. The van der Waals surface area contributed by atoms with Gasteiger partial charge in [-0.25, -0.2) is 0 Å². The molecule has 0 aromatic heterocycles. The molecule has 0 saturated carbocycles. The van der Waals surface area contributed by atoms with Crippen molar-refractivity contribution in [3.63, 3.8) is 0 Å². The number of halogens is 6. The summed E-state index contributed by atoms with van der Waals surface area (Å²) < 4.78 is 79.5. The van der Waals surface area contributed by atoms with Crippen molar-refractivity contribution in [3.05, 3.63) is 63.7 Å². The van der Waals surface area contributed by atoms with Gasteiger partial charge in [-0.3, -0.25) is 14.9 Å². The Balaban J connectivity index is 2.28. The lowest BCUT2D eigenvalue weighted by Gasteiger charge is -2.29. The quantitative estimate of drug-likeness (QED) is 0.273. The number of nitrogens with zero attached hydrogens (tertiary/aromatic N) is 2. The Labute approximate surface area is 179 Å². The van der Waals surface area contributed by atoms with Crippen LogP contribution in [0.1, 0.15) is 11.1 Å². The van der Waals surface area contributed by atoms with Crippen molar-refractivity contribution in [3.8, 4) is 6.07 Å². The van der Waals surface area contributed by atoms with Crippen molar-refractivity contribution in [2.45, 2.75) is 22.8 Å². The Bertz CT molecular complexity index is 1070. The third kappa shape index (κ3) is 5.48. The van der Waals surface area contributed by atoms with Gasteiger partial charge >= 0.3 is 12.4 Å². The Morgan fingerprint density at radius 1 is 1.12 bits per heavy atom. The van der Waals surface area contributed by atoms with Crippen LogP contribution in [0, 0.1) is 21.4 Å². The molecular weight excluding hydrogens is 468 g/mol. The van der Waals surface area contributed by atoms with Crippen molar-refractivity contribution < 1.29 is 41.2 Å². The lowest BCUT2D eigenvalue weighted by molar-refractivity contribution is -0.384. The number of aliphatic hydroxyl groups is 1. The molecule has 14 heteroatoms. The minimum atomic E-state index is -5.51. The first-order chi connectivity index (χ1) is 14.7. The maximum atomic E-state index is 13.5. The highest BCUT2D eigenvalue weighted by Gasteiger charge is 2.59. The van der Waals surface area contributed by atoms with E-state index >= 15 is 0 Å². The molecule has 0 aliphatic heterocycles. The fourth-order valence-electron chi connectivity index (χ4n) is 2.32. The van der Waals surface area contributed by atoms with Crippen LogP contribution in [-0.4, -0.2) is 33.5 Å². The van der Waals surface area contributed by atoms with E-state index in [2.05, 4.69) is 0 Å². The van der Waals surface area contributed by atoms with Crippen LogP contribution >= 0.6 is 11.8 Å². The number of thioether (sulfide) groups is 1. The Kier molecular flexibility index (Phi) is 7.06. The van der Waals surface area contributed by atoms with Gasteiger partial charge in [0.05, 0.1) is 22.1 Å². The molecule has 2 aromatic rings. The van der Waals surface area contributed by atoms with Gasteiger partial charge in [0.25, 0.3) is 11.6 Å². The van der Waals surface area contributed by atoms with E-state index in [1.165, 1.54) is 6.07 Å². The normalized spacial score (nSPS) is 13.7. The first-order valence-electron chi connectivity index (χ1n) is 8.28. The molecule has 0 spiro atoms. The summed E-state index contributed by atoms with van der Waals surface area (Å²) in [4.78, 5) is 22.2. The third-order valence-electron chi connectivity index (χ3n) is 4.04. The number of nitriles is 1. The number of anilines is 1. The number of nitrogens with one attached hydrogen (secondary N) is 1. The van der Waals surface area contributed by atoms with Crippen LogP contribution in [0.4, 0.5) is 37.7 Å². The number of non-ortho nitro benzene ring substituents is 1. The van der Waals surface area contributed by atoms with Gasteiger partial charge in [-0.2, -0.15) is 31.6 Å². The smallest absolute Gasteiger partial charge is 0.372 e. The van der Waals surface area contributed by atoms with Crippen molar-refractivity contribution in [2.24, 2.45) is 0 Å². The van der Waals surface area contributed by atoms with Crippen LogP contribution in [0.2, 0.25) is 0 Å². The second-order valence-corrected chi connectivity index (χ2v) is 7.27. The number of alkyl halides is 6. The number of carbonyl (C=O) groups excluding carboxylic acids is 1. The van der Waals surface area contributed by atoms with Crippen molar-refractivity contribution in [1.82, 2.24) is 0 Å². The summed E-state index contributed by atoms with van der Waals surface area (Å²) in [6, 6.07) is 7.22. The lowest BCUT2D eigenvalue weighted by Crippen LogP contribution is -2.56. The second-order valence-electron chi connectivity index (χ2n) is 6.22. The Morgan fingerprint density at radius 2 is 1.72 bits per heavy atom. The highest BCUT2D eigenvalue weighted by Crippen LogP contribution is 2.38. The third-order valence-corrected chi connectivity index (χ3v) is 5.21. The Morgan fingerprint density at radius 3 is 2.19 bits per heavy atom. The first kappa shape index (κ1) is 25.0. The summed E-state index contributed by atoms with van der Waals surface area (Å²) in [6.45, 7) is 0. The molecule has 2 N–H and O–H groups in total. The predicted molar refractivity (Wildman–Crippen MR) is 99.6 cm³/mol. The van der Waals surface area contributed by atoms with Crippen LogP contribution in [0.3, 0.4) is 0 Å². The molecule has 2 aromatic carbocycles. The molecule has 1 atom stereocenters. The van der Waals surface area contributed by atoms with E-state index in [-0.39, 0.29) is 16.6 Å². The number of nitro benzene ring substituents is 1. The van der Waals surface area contributed by atoms with Crippen molar-refractivity contribution >= 4 is 29.0 Å². The number of carbonyl (C=O) groups is 1. The van der Waals surface area contributed by atoms with Crippen molar-refractivity contribution in [1.29, 1.82) is 5.26 Å². The number of hydrogen-bond donors (Lipinski definition) is 2. The second kappa shape index (κ2) is 9.05. The molecule has 0 heterocycles. The van der Waals surface area contributed by atoms with E-state index in [9.17, 15) is 46.4 Å². The molecule has 0 aliphatic rings. The largest absolute Gasteiger partial charge is 0.427 e. The van der Waals surface area contributed by atoms with Gasteiger partial charge in [0.15, 0.2) is 0 Å². The molecule has 0 unspecified atom stereocenters. The van der Waals surface area contributed by atoms with Gasteiger partial charge in [-0.1, -0.05) is 0 Å². The van der Waals surface area contributed by atoms with Crippen molar-refractivity contribution in [2.75, 3.05) is 11.1 Å². The van der Waals surface area contributed by atoms with Crippen LogP contribution < -0.4 is 5.32 Å². The number of nitro groups is 1. The lowest BCUT2D eigenvalue weighted by atomic mass is 10.0. The van der Waals surface area contributed by atoms with Gasteiger partial charge in [-0.05, 0) is 30.3 Å². The van der Waals surface area contributed by atoms with Gasteiger partial charge in [0.2, 0.25) is 5.60 Å². The monoisotopic (exact) mass is 479 g/mol. The maximum Gasteiger partial charge on any atom is 0.427 e. The number of benzene rings is 2. The predicted octanol–water partition coefficient (Wildman–Crippen LogP) is 4.51. The molecule has 7 nitrogen and oxygen atoms in total. The molecule has 0 radical (unpaired) electrons. The summed E-state index contributed by atoms with van der Waals surface area (Å²) in [5.41, 5.74) is -7.35. The Hall–Kier alpha value is -3.31. The zero-order valence-corrected chi connectivity index (χ0v) is 16.3.